The quantitative estimate of drug-likeness (QED) is 0.847. The Balaban J connectivity index is 1.91. The summed E-state index contributed by atoms with van der Waals surface area (Å²) in [5.74, 6) is 1.19. The molecule has 0 aliphatic carbocycles. The van der Waals surface area contributed by atoms with E-state index < -0.39 is 0 Å². The van der Waals surface area contributed by atoms with Crippen LogP contribution in [0.3, 0.4) is 0 Å². The molecule has 0 spiro atoms. The Labute approximate surface area is 125 Å². The van der Waals surface area contributed by atoms with Crippen molar-refractivity contribution in [2.45, 2.75) is 32.2 Å². The van der Waals surface area contributed by atoms with Crippen molar-refractivity contribution in [3.63, 3.8) is 0 Å². The van der Waals surface area contributed by atoms with Gasteiger partial charge in [0.15, 0.2) is 11.5 Å². The van der Waals surface area contributed by atoms with Crippen LogP contribution in [0.25, 0.3) is 0 Å². The van der Waals surface area contributed by atoms with Gasteiger partial charge in [0.1, 0.15) is 6.07 Å². The first-order valence-electron chi connectivity index (χ1n) is 7.24. The molecule has 3 rings (SSSR count). The van der Waals surface area contributed by atoms with Gasteiger partial charge in [0.25, 0.3) is 0 Å². The summed E-state index contributed by atoms with van der Waals surface area (Å²) in [6.45, 7) is 5.24. The van der Waals surface area contributed by atoms with Gasteiger partial charge >= 0.3 is 0 Å². The van der Waals surface area contributed by atoms with Crippen LogP contribution in [0.5, 0.6) is 0 Å². The Morgan fingerprint density at radius 3 is 2.76 bits per heavy atom. The summed E-state index contributed by atoms with van der Waals surface area (Å²) < 4.78 is 0. The first kappa shape index (κ1) is 13.6. The number of benzene rings is 1. The third-order valence-corrected chi connectivity index (χ3v) is 4.26. The molecule has 2 heterocycles. The van der Waals surface area contributed by atoms with Crippen molar-refractivity contribution >= 4 is 5.82 Å². The van der Waals surface area contributed by atoms with E-state index in [9.17, 15) is 5.26 Å². The average molecular weight is 278 g/mol. The summed E-state index contributed by atoms with van der Waals surface area (Å²) in [6, 6.07) is 11.0. The van der Waals surface area contributed by atoms with Gasteiger partial charge in [0.05, 0.1) is 0 Å². The van der Waals surface area contributed by atoms with Gasteiger partial charge in [-0.3, -0.25) is 0 Å². The van der Waals surface area contributed by atoms with Crippen molar-refractivity contribution < 1.29 is 0 Å². The zero-order valence-electron chi connectivity index (χ0n) is 12.3. The summed E-state index contributed by atoms with van der Waals surface area (Å²) in [7, 11) is 0. The van der Waals surface area contributed by atoms with Gasteiger partial charge in [-0.05, 0) is 31.4 Å². The van der Waals surface area contributed by atoms with Crippen LogP contribution in [0.2, 0.25) is 0 Å². The summed E-state index contributed by atoms with van der Waals surface area (Å²) >= 11 is 0. The molecule has 1 saturated heterocycles. The zero-order valence-corrected chi connectivity index (χ0v) is 12.3. The lowest BCUT2D eigenvalue weighted by Gasteiger charge is -2.22. The Morgan fingerprint density at radius 2 is 2.00 bits per heavy atom. The maximum atomic E-state index is 9.21. The van der Waals surface area contributed by atoms with E-state index in [2.05, 4.69) is 59.1 Å². The van der Waals surface area contributed by atoms with Crippen molar-refractivity contribution in [1.82, 2.24) is 9.97 Å². The maximum absolute atomic E-state index is 9.21. The molecular formula is C17H18N4. The number of nitriles is 1. The minimum atomic E-state index is 0.360. The average Bonchev–Trinajstić information content (AvgIpc) is 2.89. The molecular weight excluding hydrogens is 260 g/mol. The Kier molecular flexibility index (Phi) is 3.57. The van der Waals surface area contributed by atoms with Crippen molar-refractivity contribution in [2.24, 2.45) is 0 Å². The SMILES string of the molecule is Cc1ccccc1[C@@H]1C[C@H](C)N(c2nccnc2C#N)C1. The summed E-state index contributed by atoms with van der Waals surface area (Å²) in [5.41, 5.74) is 3.14. The van der Waals surface area contributed by atoms with E-state index in [0.717, 1.165) is 13.0 Å². The number of hydrogen-bond acceptors (Lipinski definition) is 4. The molecule has 0 N–H and O–H groups in total. The van der Waals surface area contributed by atoms with Crippen LogP contribution in [-0.4, -0.2) is 22.6 Å². The molecule has 0 bridgehead atoms. The van der Waals surface area contributed by atoms with Gasteiger partial charge in [0, 0.05) is 30.9 Å². The number of aromatic nitrogens is 2. The van der Waals surface area contributed by atoms with E-state index in [1.165, 1.54) is 11.1 Å². The summed E-state index contributed by atoms with van der Waals surface area (Å²) in [4.78, 5) is 10.7. The van der Waals surface area contributed by atoms with Crippen LogP contribution < -0.4 is 4.90 Å². The third-order valence-electron chi connectivity index (χ3n) is 4.26. The molecule has 21 heavy (non-hydrogen) atoms. The van der Waals surface area contributed by atoms with E-state index >= 15 is 0 Å². The van der Waals surface area contributed by atoms with Gasteiger partial charge in [-0.2, -0.15) is 5.26 Å². The highest BCUT2D eigenvalue weighted by molar-refractivity contribution is 5.52. The smallest absolute Gasteiger partial charge is 0.183 e. The Hall–Kier alpha value is -2.41. The first-order chi connectivity index (χ1) is 10.2. The van der Waals surface area contributed by atoms with Gasteiger partial charge in [0.2, 0.25) is 0 Å². The molecule has 4 heteroatoms. The summed E-state index contributed by atoms with van der Waals surface area (Å²) in [5, 5.41) is 9.21. The second kappa shape index (κ2) is 5.53. The highest BCUT2D eigenvalue weighted by atomic mass is 15.2. The standard InChI is InChI=1S/C17H18N4/c1-12-5-3-4-6-15(12)14-9-13(2)21(11-14)17-16(10-18)19-7-8-20-17/h3-8,13-14H,9,11H2,1-2H3/t13-,14+/m0/s1. The van der Waals surface area contributed by atoms with Crippen molar-refractivity contribution in [2.75, 3.05) is 11.4 Å². The van der Waals surface area contributed by atoms with Crippen LogP contribution >= 0.6 is 0 Å². The molecule has 1 aliphatic heterocycles. The van der Waals surface area contributed by atoms with Crippen LogP contribution in [0.1, 0.15) is 36.1 Å². The number of hydrogen-bond donors (Lipinski definition) is 0. The number of nitrogens with zero attached hydrogens (tertiary/aromatic N) is 4. The number of anilines is 1. The molecule has 0 radical (unpaired) electrons. The van der Waals surface area contributed by atoms with E-state index in [1.54, 1.807) is 12.4 Å². The lowest BCUT2D eigenvalue weighted by atomic mass is 9.93. The number of aryl methyl sites for hydroxylation is 1. The third kappa shape index (κ3) is 2.47. The fourth-order valence-corrected chi connectivity index (χ4v) is 3.22. The minimum absolute atomic E-state index is 0.360. The van der Waals surface area contributed by atoms with E-state index in [1.807, 2.05) is 0 Å². The van der Waals surface area contributed by atoms with Gasteiger partial charge in [-0.15, -0.1) is 0 Å². The van der Waals surface area contributed by atoms with Gasteiger partial charge < -0.3 is 4.90 Å². The zero-order chi connectivity index (χ0) is 14.8. The molecule has 1 fully saturated rings. The predicted molar refractivity (Wildman–Crippen MR) is 82.1 cm³/mol. The van der Waals surface area contributed by atoms with Gasteiger partial charge in [-0.25, -0.2) is 9.97 Å². The van der Waals surface area contributed by atoms with Crippen LogP contribution in [0.4, 0.5) is 5.82 Å². The molecule has 2 atom stereocenters. The van der Waals surface area contributed by atoms with E-state index in [4.69, 9.17) is 0 Å². The monoisotopic (exact) mass is 278 g/mol. The lowest BCUT2D eigenvalue weighted by molar-refractivity contribution is 0.693. The molecule has 1 aromatic carbocycles. The minimum Gasteiger partial charge on any atom is -0.351 e. The van der Waals surface area contributed by atoms with Crippen molar-refractivity contribution in [1.29, 1.82) is 5.26 Å². The van der Waals surface area contributed by atoms with Gasteiger partial charge in [-0.1, -0.05) is 24.3 Å². The molecule has 106 valence electrons. The molecule has 0 saturated carbocycles. The fraction of sp³-hybridized carbons (Fsp3) is 0.353. The molecule has 2 aromatic rings. The van der Waals surface area contributed by atoms with Crippen molar-refractivity contribution in [3.8, 4) is 6.07 Å². The molecule has 0 amide bonds. The second-order valence-corrected chi connectivity index (χ2v) is 5.63. The largest absolute Gasteiger partial charge is 0.351 e. The summed E-state index contributed by atoms with van der Waals surface area (Å²) in [6.07, 6.45) is 4.30. The number of rotatable bonds is 2. The highest BCUT2D eigenvalue weighted by Gasteiger charge is 2.32. The van der Waals surface area contributed by atoms with Crippen LogP contribution in [0.15, 0.2) is 36.7 Å². The first-order valence-corrected chi connectivity index (χ1v) is 7.24. The topological polar surface area (TPSA) is 52.8 Å². The maximum Gasteiger partial charge on any atom is 0.183 e. The second-order valence-electron chi connectivity index (χ2n) is 5.63. The van der Waals surface area contributed by atoms with Crippen LogP contribution in [-0.2, 0) is 0 Å². The molecule has 4 nitrogen and oxygen atoms in total. The van der Waals surface area contributed by atoms with Crippen LogP contribution in [0, 0.1) is 18.3 Å². The van der Waals surface area contributed by atoms with E-state index in [0.29, 0.717) is 23.5 Å². The van der Waals surface area contributed by atoms with Crippen molar-refractivity contribution in [3.05, 3.63) is 53.5 Å². The lowest BCUT2D eigenvalue weighted by Crippen LogP contribution is -2.28. The fourth-order valence-electron chi connectivity index (χ4n) is 3.22. The molecule has 1 aromatic heterocycles. The predicted octanol–water partition coefficient (Wildman–Crippen LogP) is 3.04. The Bertz CT molecular complexity index is 689. The molecule has 0 unspecified atom stereocenters. The molecule has 1 aliphatic rings. The highest BCUT2D eigenvalue weighted by Crippen LogP contribution is 2.35. The normalized spacial score (nSPS) is 21.3. The Morgan fingerprint density at radius 1 is 1.24 bits per heavy atom. The van der Waals surface area contributed by atoms with E-state index in [-0.39, 0.29) is 0 Å².